The standard InChI is InChI=1S/C9H16N2/c1-6-8(2,3)9(4,5)7(10)11-6/h1H2,2-5H3,(H2,10,11). The second kappa shape index (κ2) is 1.87. The Hall–Kier alpha value is -0.790. The molecule has 0 bridgehead atoms. The van der Waals surface area contributed by atoms with Gasteiger partial charge in [0, 0.05) is 16.5 Å². The summed E-state index contributed by atoms with van der Waals surface area (Å²) >= 11 is 0. The van der Waals surface area contributed by atoms with E-state index < -0.39 is 0 Å². The number of aliphatic imine (C=N–C) groups is 1. The Balaban J connectivity index is 3.17. The molecule has 0 aromatic heterocycles. The van der Waals surface area contributed by atoms with E-state index in [-0.39, 0.29) is 10.8 Å². The average Bonchev–Trinajstić information content (AvgIpc) is 1.95. The summed E-state index contributed by atoms with van der Waals surface area (Å²) < 4.78 is 0. The Morgan fingerprint density at radius 2 is 1.64 bits per heavy atom. The zero-order valence-electron chi connectivity index (χ0n) is 7.73. The van der Waals surface area contributed by atoms with E-state index in [0.29, 0.717) is 5.84 Å². The van der Waals surface area contributed by atoms with Crippen molar-refractivity contribution in [3.05, 3.63) is 12.3 Å². The van der Waals surface area contributed by atoms with Crippen molar-refractivity contribution >= 4 is 5.84 Å². The quantitative estimate of drug-likeness (QED) is 0.566. The van der Waals surface area contributed by atoms with Crippen molar-refractivity contribution in [2.75, 3.05) is 0 Å². The summed E-state index contributed by atoms with van der Waals surface area (Å²) in [5, 5.41) is 0. The fourth-order valence-electron chi connectivity index (χ4n) is 1.11. The monoisotopic (exact) mass is 152 g/mol. The van der Waals surface area contributed by atoms with Gasteiger partial charge in [-0.2, -0.15) is 0 Å². The summed E-state index contributed by atoms with van der Waals surface area (Å²) in [6.07, 6.45) is 0. The molecule has 0 unspecified atom stereocenters. The molecule has 11 heavy (non-hydrogen) atoms. The highest BCUT2D eigenvalue weighted by Gasteiger charge is 2.46. The molecule has 2 N–H and O–H groups in total. The Morgan fingerprint density at radius 1 is 1.18 bits per heavy atom. The molecule has 0 aliphatic carbocycles. The van der Waals surface area contributed by atoms with Crippen molar-refractivity contribution in [2.24, 2.45) is 21.6 Å². The highest BCUT2D eigenvalue weighted by molar-refractivity contribution is 5.90. The predicted octanol–water partition coefficient (Wildman–Crippen LogP) is 1.92. The van der Waals surface area contributed by atoms with Crippen LogP contribution in [-0.4, -0.2) is 5.84 Å². The van der Waals surface area contributed by atoms with Crippen LogP contribution in [-0.2, 0) is 0 Å². The van der Waals surface area contributed by atoms with Gasteiger partial charge in [-0.05, 0) is 0 Å². The molecular formula is C9H16N2. The van der Waals surface area contributed by atoms with Gasteiger partial charge in [0.2, 0.25) is 0 Å². The third kappa shape index (κ3) is 0.817. The van der Waals surface area contributed by atoms with Crippen molar-refractivity contribution in [3.8, 4) is 0 Å². The van der Waals surface area contributed by atoms with Crippen molar-refractivity contribution in [3.63, 3.8) is 0 Å². The summed E-state index contributed by atoms with van der Waals surface area (Å²) in [7, 11) is 0. The first-order chi connectivity index (χ1) is 4.80. The van der Waals surface area contributed by atoms with Crippen molar-refractivity contribution in [1.82, 2.24) is 0 Å². The lowest BCUT2D eigenvalue weighted by molar-refractivity contribution is 0.257. The van der Waals surface area contributed by atoms with Crippen LogP contribution in [0.1, 0.15) is 27.7 Å². The fraction of sp³-hybridized carbons (Fsp3) is 0.667. The van der Waals surface area contributed by atoms with Gasteiger partial charge < -0.3 is 5.73 Å². The SMILES string of the molecule is C=C1N=C(N)C(C)(C)C1(C)C. The van der Waals surface area contributed by atoms with Crippen LogP contribution < -0.4 is 5.73 Å². The first-order valence-corrected chi connectivity index (χ1v) is 3.84. The number of nitrogens with two attached hydrogens (primary N) is 1. The van der Waals surface area contributed by atoms with E-state index in [0.717, 1.165) is 5.70 Å². The summed E-state index contributed by atoms with van der Waals surface area (Å²) in [6.45, 7) is 12.3. The Bertz CT molecular complexity index is 234. The van der Waals surface area contributed by atoms with Crippen molar-refractivity contribution in [1.29, 1.82) is 0 Å². The lowest BCUT2D eigenvalue weighted by Crippen LogP contribution is -2.38. The molecule has 0 fully saturated rings. The second-order valence-corrected chi connectivity index (χ2v) is 4.19. The third-order valence-electron chi connectivity index (χ3n) is 3.18. The second-order valence-electron chi connectivity index (χ2n) is 4.19. The van der Waals surface area contributed by atoms with Crippen LogP contribution in [0.25, 0.3) is 0 Å². The highest BCUT2D eigenvalue weighted by Crippen LogP contribution is 2.48. The minimum atomic E-state index is -0.0515. The topological polar surface area (TPSA) is 38.4 Å². The third-order valence-corrected chi connectivity index (χ3v) is 3.18. The molecule has 0 saturated carbocycles. The number of allylic oxidation sites excluding steroid dienone is 1. The van der Waals surface area contributed by atoms with E-state index in [1.165, 1.54) is 0 Å². The van der Waals surface area contributed by atoms with Crippen LogP contribution in [0.15, 0.2) is 17.3 Å². The smallest absolute Gasteiger partial charge is 0.106 e. The number of hydrogen-bond acceptors (Lipinski definition) is 2. The lowest BCUT2D eigenvalue weighted by Gasteiger charge is -2.34. The van der Waals surface area contributed by atoms with Gasteiger partial charge in [-0.15, -0.1) is 0 Å². The van der Waals surface area contributed by atoms with Crippen molar-refractivity contribution in [2.45, 2.75) is 27.7 Å². The molecular weight excluding hydrogens is 136 g/mol. The zero-order valence-corrected chi connectivity index (χ0v) is 7.73. The molecule has 0 spiro atoms. The Labute approximate surface area is 68.2 Å². The molecule has 62 valence electrons. The molecule has 1 aliphatic heterocycles. The van der Waals surface area contributed by atoms with Gasteiger partial charge in [-0.3, -0.25) is 0 Å². The van der Waals surface area contributed by atoms with E-state index >= 15 is 0 Å². The maximum atomic E-state index is 5.77. The fourth-order valence-corrected chi connectivity index (χ4v) is 1.11. The number of nitrogens with zero attached hydrogens (tertiary/aromatic N) is 1. The number of rotatable bonds is 0. The normalized spacial score (nSPS) is 26.9. The van der Waals surface area contributed by atoms with E-state index in [9.17, 15) is 0 Å². The minimum Gasteiger partial charge on any atom is -0.387 e. The summed E-state index contributed by atoms with van der Waals surface area (Å²) in [5.74, 6) is 0.701. The molecule has 1 rings (SSSR count). The van der Waals surface area contributed by atoms with Gasteiger partial charge in [-0.1, -0.05) is 34.3 Å². The van der Waals surface area contributed by atoms with E-state index in [2.05, 4.69) is 39.3 Å². The average molecular weight is 152 g/mol. The van der Waals surface area contributed by atoms with Crippen LogP contribution in [0.5, 0.6) is 0 Å². The van der Waals surface area contributed by atoms with Gasteiger partial charge in [0.25, 0.3) is 0 Å². The number of amidine groups is 1. The molecule has 0 saturated heterocycles. The largest absolute Gasteiger partial charge is 0.387 e. The van der Waals surface area contributed by atoms with Gasteiger partial charge in [-0.25, -0.2) is 4.99 Å². The molecule has 2 heteroatoms. The van der Waals surface area contributed by atoms with E-state index in [1.54, 1.807) is 0 Å². The Morgan fingerprint density at radius 3 is 1.73 bits per heavy atom. The molecule has 0 radical (unpaired) electrons. The molecule has 0 aromatic carbocycles. The van der Waals surface area contributed by atoms with Crippen LogP contribution in [0.2, 0.25) is 0 Å². The first-order valence-electron chi connectivity index (χ1n) is 3.84. The number of hydrogen-bond donors (Lipinski definition) is 1. The molecule has 1 aliphatic rings. The first kappa shape index (κ1) is 8.31. The highest BCUT2D eigenvalue weighted by atomic mass is 15.0. The zero-order chi connectivity index (χ0) is 8.86. The Kier molecular flexibility index (Phi) is 1.41. The van der Waals surface area contributed by atoms with Crippen LogP contribution in [0, 0.1) is 10.8 Å². The minimum absolute atomic E-state index is 0.00289. The summed E-state index contributed by atoms with van der Waals surface area (Å²) in [5.41, 5.74) is 6.60. The molecule has 1 heterocycles. The van der Waals surface area contributed by atoms with Crippen molar-refractivity contribution < 1.29 is 0 Å². The predicted molar refractivity (Wildman–Crippen MR) is 48.3 cm³/mol. The van der Waals surface area contributed by atoms with Gasteiger partial charge in [0.1, 0.15) is 5.84 Å². The van der Waals surface area contributed by atoms with Crippen LogP contribution >= 0.6 is 0 Å². The lowest BCUT2D eigenvalue weighted by atomic mass is 9.68. The maximum Gasteiger partial charge on any atom is 0.106 e. The molecule has 0 aromatic rings. The van der Waals surface area contributed by atoms with Gasteiger partial charge >= 0.3 is 0 Å². The van der Waals surface area contributed by atoms with E-state index in [4.69, 9.17) is 5.73 Å². The molecule has 0 amide bonds. The van der Waals surface area contributed by atoms with Crippen LogP contribution in [0.4, 0.5) is 0 Å². The van der Waals surface area contributed by atoms with Gasteiger partial charge in [0.15, 0.2) is 0 Å². The summed E-state index contributed by atoms with van der Waals surface area (Å²) in [4.78, 5) is 4.19. The van der Waals surface area contributed by atoms with E-state index in [1.807, 2.05) is 0 Å². The van der Waals surface area contributed by atoms with Crippen LogP contribution in [0.3, 0.4) is 0 Å². The summed E-state index contributed by atoms with van der Waals surface area (Å²) in [6, 6.07) is 0. The maximum absolute atomic E-state index is 5.77. The molecule has 0 atom stereocenters. The van der Waals surface area contributed by atoms with Gasteiger partial charge in [0.05, 0.1) is 0 Å². The molecule has 2 nitrogen and oxygen atoms in total.